The topological polar surface area (TPSA) is 52.6 Å². The molecule has 3 aliphatic carbocycles. The Labute approximate surface area is 276 Å². The van der Waals surface area contributed by atoms with Gasteiger partial charge >= 0.3 is 5.97 Å². The Hall–Kier alpha value is -2.98. The Balaban J connectivity index is 1.20. The van der Waals surface area contributed by atoms with Gasteiger partial charge in [-0.3, -0.25) is 9.59 Å². The van der Waals surface area contributed by atoms with Crippen molar-refractivity contribution >= 4 is 11.8 Å². The second kappa shape index (κ2) is 10.3. The molecule has 2 aromatic carbocycles. The summed E-state index contributed by atoms with van der Waals surface area (Å²) >= 11 is 0. The maximum atomic E-state index is 13.6. The van der Waals surface area contributed by atoms with Gasteiger partial charge in [0.05, 0.1) is 17.6 Å². The number of rotatable bonds is 3. The van der Waals surface area contributed by atoms with Crippen LogP contribution in [0.4, 0.5) is 0 Å². The van der Waals surface area contributed by atoms with Crippen LogP contribution in [-0.2, 0) is 29.9 Å². The molecule has 0 unspecified atom stereocenters. The average molecular weight is 621 g/mol. The number of esters is 1. The minimum Gasteiger partial charge on any atom is -0.459 e. The molecule has 46 heavy (non-hydrogen) atoms. The number of ketones is 1. The van der Waals surface area contributed by atoms with Crippen LogP contribution in [0.15, 0.2) is 65.8 Å². The van der Waals surface area contributed by atoms with Gasteiger partial charge in [-0.2, -0.15) is 0 Å². The summed E-state index contributed by atoms with van der Waals surface area (Å²) in [6, 6.07) is 16.3. The van der Waals surface area contributed by atoms with Crippen molar-refractivity contribution in [3.63, 3.8) is 0 Å². The van der Waals surface area contributed by atoms with E-state index in [9.17, 15) is 9.59 Å². The van der Waals surface area contributed by atoms with Gasteiger partial charge in [0.2, 0.25) is 0 Å². The van der Waals surface area contributed by atoms with Crippen molar-refractivity contribution in [1.82, 2.24) is 0 Å². The summed E-state index contributed by atoms with van der Waals surface area (Å²) in [4.78, 5) is 27.0. The van der Waals surface area contributed by atoms with Crippen LogP contribution in [0.25, 0.3) is 11.1 Å². The second-order valence-corrected chi connectivity index (χ2v) is 17.5. The molecule has 2 aliphatic heterocycles. The molecule has 0 aromatic heterocycles. The molecule has 4 heteroatoms. The molecule has 2 saturated heterocycles. The Bertz CT molecular complexity index is 1630. The van der Waals surface area contributed by atoms with Crippen LogP contribution >= 0.6 is 0 Å². The number of carbonyl (C=O) groups excluding carboxylic acids is 2. The summed E-state index contributed by atoms with van der Waals surface area (Å²) < 4.78 is 13.2. The Morgan fingerprint density at radius 1 is 0.870 bits per heavy atom. The van der Waals surface area contributed by atoms with E-state index in [1.165, 1.54) is 39.0 Å². The molecule has 244 valence electrons. The first-order chi connectivity index (χ1) is 21.5. The average Bonchev–Trinajstić information content (AvgIpc) is 3.47. The van der Waals surface area contributed by atoms with Crippen molar-refractivity contribution < 1.29 is 19.1 Å². The number of benzene rings is 2. The van der Waals surface area contributed by atoms with Gasteiger partial charge in [-0.1, -0.05) is 116 Å². The highest BCUT2D eigenvalue weighted by Gasteiger charge is 2.72. The molecule has 1 saturated carbocycles. The molecule has 0 amide bonds. The van der Waals surface area contributed by atoms with E-state index in [-0.39, 0.29) is 64.6 Å². The lowest BCUT2D eigenvalue weighted by atomic mass is 9.45. The molecule has 0 spiro atoms. The first-order valence-corrected chi connectivity index (χ1v) is 17.5. The van der Waals surface area contributed by atoms with Crippen molar-refractivity contribution in [1.29, 1.82) is 0 Å². The predicted molar refractivity (Wildman–Crippen MR) is 184 cm³/mol. The van der Waals surface area contributed by atoms with Gasteiger partial charge in [-0.05, 0) is 88.8 Å². The van der Waals surface area contributed by atoms with Gasteiger partial charge in [0.1, 0.15) is 6.10 Å². The van der Waals surface area contributed by atoms with Crippen molar-refractivity contribution in [3.05, 3.63) is 82.5 Å². The summed E-state index contributed by atoms with van der Waals surface area (Å²) in [7, 11) is 0. The van der Waals surface area contributed by atoms with Gasteiger partial charge in [-0.25, -0.2) is 0 Å². The zero-order valence-electron chi connectivity index (χ0n) is 29.5. The summed E-state index contributed by atoms with van der Waals surface area (Å²) in [6.07, 6.45) is 5.64. The number of fused-ring (bicyclic) bond motifs is 3. The van der Waals surface area contributed by atoms with Gasteiger partial charge in [-0.15, -0.1) is 0 Å². The first-order valence-electron chi connectivity index (χ1n) is 17.5. The van der Waals surface area contributed by atoms with E-state index in [2.05, 4.69) is 105 Å². The summed E-state index contributed by atoms with van der Waals surface area (Å²) in [6.45, 7) is 22.3. The van der Waals surface area contributed by atoms with E-state index in [0.717, 1.165) is 19.3 Å². The Morgan fingerprint density at radius 3 is 2.09 bits per heavy atom. The van der Waals surface area contributed by atoms with Crippen LogP contribution in [0, 0.1) is 28.6 Å². The maximum absolute atomic E-state index is 13.6. The number of carbonyl (C=O) groups is 2. The molecule has 9 atom stereocenters. The van der Waals surface area contributed by atoms with Crippen molar-refractivity contribution in [2.75, 3.05) is 0 Å². The third-order valence-electron chi connectivity index (χ3n) is 12.8. The fourth-order valence-electron chi connectivity index (χ4n) is 10.1. The van der Waals surface area contributed by atoms with Gasteiger partial charge < -0.3 is 9.47 Å². The number of hydrogen-bond acceptors (Lipinski definition) is 4. The van der Waals surface area contributed by atoms with Crippen LogP contribution in [-0.4, -0.2) is 30.1 Å². The maximum Gasteiger partial charge on any atom is 0.316 e. The highest BCUT2D eigenvalue weighted by molar-refractivity contribution is 6.00. The standard InChI is InChI=1S/C42H52O4/c1-11-32-31-21-30-23(2)29(22-33(30)45-35(31)36-37-41(9,38(44)46-36)17-16-34(43)42(32,37)10)25-14-12-24(13-15-25)26-18-27(39(3,4)5)20-28(19-26)40(6,7)8/h12-20,29,31-33,35-37H,11,21-22H2,1-10H3/t29-,31+,32+,33+,35+,36+,37+,41-,42+/m1/s1. The summed E-state index contributed by atoms with van der Waals surface area (Å²) in [5.74, 6) is 0.313. The van der Waals surface area contributed by atoms with Gasteiger partial charge in [0.25, 0.3) is 0 Å². The van der Waals surface area contributed by atoms with E-state index in [4.69, 9.17) is 9.47 Å². The fraction of sp³-hybridized carbons (Fsp3) is 0.571. The van der Waals surface area contributed by atoms with Crippen LogP contribution in [0.1, 0.15) is 111 Å². The summed E-state index contributed by atoms with van der Waals surface area (Å²) in [5.41, 5.74) is 8.11. The Morgan fingerprint density at radius 2 is 1.50 bits per heavy atom. The molecule has 2 aromatic rings. The molecule has 3 fully saturated rings. The molecule has 0 bridgehead atoms. The van der Waals surface area contributed by atoms with E-state index in [0.29, 0.717) is 0 Å². The van der Waals surface area contributed by atoms with E-state index in [1.54, 1.807) is 6.08 Å². The number of ether oxygens (including phenoxy) is 2. The van der Waals surface area contributed by atoms with Crippen molar-refractivity contribution in [2.24, 2.45) is 28.6 Å². The predicted octanol–water partition coefficient (Wildman–Crippen LogP) is 9.26. The van der Waals surface area contributed by atoms with E-state index in [1.807, 2.05) is 13.0 Å². The second-order valence-electron chi connectivity index (χ2n) is 17.5. The molecule has 4 nitrogen and oxygen atoms in total. The van der Waals surface area contributed by atoms with Crippen molar-refractivity contribution in [2.45, 2.75) is 124 Å². The largest absolute Gasteiger partial charge is 0.459 e. The quantitative estimate of drug-likeness (QED) is 0.254. The lowest BCUT2D eigenvalue weighted by Gasteiger charge is -2.58. The third kappa shape index (κ3) is 4.49. The SMILES string of the molecule is CC[C@H]1[C@@H]2CC3=C(C)[C@H](c4ccc(-c5cc(C(C)(C)C)cc(C(C)(C)C)c5)cc4)C[C@@H]3O[C@@H]2[C@@H]2OC(=O)[C@]3(C)C=CC(=O)[C@@]1(C)[C@@H]23. The molecule has 5 aliphatic rings. The fourth-order valence-corrected chi connectivity index (χ4v) is 10.1. The highest BCUT2D eigenvalue weighted by Crippen LogP contribution is 2.65. The molecule has 2 heterocycles. The lowest BCUT2D eigenvalue weighted by molar-refractivity contribution is -0.202. The minimum atomic E-state index is -0.777. The van der Waals surface area contributed by atoms with Crippen LogP contribution in [0.3, 0.4) is 0 Å². The summed E-state index contributed by atoms with van der Waals surface area (Å²) in [5, 5.41) is 0. The molecule has 0 radical (unpaired) electrons. The van der Waals surface area contributed by atoms with Crippen LogP contribution < -0.4 is 0 Å². The number of hydrogen-bond donors (Lipinski definition) is 0. The van der Waals surface area contributed by atoms with Gasteiger partial charge in [0, 0.05) is 17.3 Å². The molecule has 0 N–H and O–H groups in total. The molecular formula is C42H52O4. The smallest absolute Gasteiger partial charge is 0.316 e. The third-order valence-corrected chi connectivity index (χ3v) is 12.8. The number of allylic oxidation sites excluding steroid dienone is 2. The lowest BCUT2D eigenvalue weighted by Crippen LogP contribution is -2.64. The zero-order chi connectivity index (χ0) is 33.1. The van der Waals surface area contributed by atoms with E-state index >= 15 is 0 Å². The monoisotopic (exact) mass is 620 g/mol. The molecule has 7 rings (SSSR count). The van der Waals surface area contributed by atoms with Crippen LogP contribution in [0.5, 0.6) is 0 Å². The minimum absolute atomic E-state index is 0.0194. The van der Waals surface area contributed by atoms with Crippen LogP contribution in [0.2, 0.25) is 0 Å². The zero-order valence-corrected chi connectivity index (χ0v) is 29.5. The first kappa shape index (κ1) is 31.6. The van der Waals surface area contributed by atoms with Gasteiger partial charge in [0.15, 0.2) is 5.78 Å². The highest BCUT2D eigenvalue weighted by atomic mass is 16.6. The molecular weight excluding hydrogens is 568 g/mol. The van der Waals surface area contributed by atoms with Crippen molar-refractivity contribution in [3.8, 4) is 11.1 Å². The van der Waals surface area contributed by atoms with E-state index < -0.39 is 10.8 Å². The normalized spacial score (nSPS) is 36.8. The Kier molecular flexibility index (Phi) is 7.05.